The van der Waals surface area contributed by atoms with Crippen LogP contribution >= 0.6 is 0 Å². The van der Waals surface area contributed by atoms with Crippen molar-refractivity contribution in [3.8, 4) is 11.1 Å². The summed E-state index contributed by atoms with van der Waals surface area (Å²) in [5, 5.41) is 0. The van der Waals surface area contributed by atoms with Crippen LogP contribution in [0.5, 0.6) is 0 Å². The van der Waals surface area contributed by atoms with E-state index in [0.29, 0.717) is 6.54 Å². The smallest absolute Gasteiger partial charge is 0.0622 e. The molecule has 2 radical (unpaired) electrons. The lowest BCUT2D eigenvalue weighted by molar-refractivity contribution is -0.386. The molecule has 2 aromatic rings. The van der Waals surface area contributed by atoms with E-state index in [9.17, 15) is 0 Å². The van der Waals surface area contributed by atoms with Gasteiger partial charge in [0.05, 0.1) is 0 Å². The molecular formula is C13H12N+. The SMILES string of the molecule is [NH+]Cc1ccc(-c2ccccc2)cc1. The Labute approximate surface area is 84.2 Å². The first-order chi connectivity index (χ1) is 6.90. The molecule has 0 aliphatic rings. The van der Waals surface area contributed by atoms with Crippen molar-refractivity contribution in [1.82, 2.24) is 0 Å². The van der Waals surface area contributed by atoms with Crippen molar-refractivity contribution in [3.63, 3.8) is 0 Å². The maximum absolute atomic E-state index is 7.22. The van der Waals surface area contributed by atoms with E-state index < -0.39 is 0 Å². The molecule has 0 unspecified atom stereocenters. The molecule has 2 aromatic carbocycles. The molecule has 0 aliphatic carbocycles. The van der Waals surface area contributed by atoms with E-state index in [4.69, 9.17) is 5.73 Å². The second-order valence-electron chi connectivity index (χ2n) is 3.24. The molecule has 68 valence electrons. The third-order valence-corrected chi connectivity index (χ3v) is 2.27. The van der Waals surface area contributed by atoms with Gasteiger partial charge in [-0.15, -0.1) is 0 Å². The van der Waals surface area contributed by atoms with E-state index in [1.54, 1.807) is 0 Å². The van der Waals surface area contributed by atoms with E-state index in [-0.39, 0.29) is 0 Å². The average molecular weight is 182 g/mol. The Hall–Kier alpha value is -1.60. The molecule has 1 N–H and O–H groups in total. The molecule has 0 saturated heterocycles. The molecule has 0 aromatic heterocycles. The Balaban J connectivity index is 2.34. The molecule has 0 aliphatic heterocycles. The Kier molecular flexibility index (Phi) is 2.61. The van der Waals surface area contributed by atoms with Gasteiger partial charge in [-0.25, -0.2) is 0 Å². The largest absolute Gasteiger partial charge is 0.206 e. The Bertz CT molecular complexity index is 389. The zero-order valence-corrected chi connectivity index (χ0v) is 7.90. The molecular weight excluding hydrogens is 170 g/mol. The van der Waals surface area contributed by atoms with E-state index in [1.807, 2.05) is 30.3 Å². The van der Waals surface area contributed by atoms with Crippen LogP contribution in [-0.2, 0) is 6.54 Å². The predicted octanol–water partition coefficient (Wildman–Crippen LogP) is 1.67. The molecule has 0 amide bonds. The molecule has 0 spiro atoms. The van der Waals surface area contributed by atoms with Gasteiger partial charge in [0.15, 0.2) is 0 Å². The van der Waals surface area contributed by atoms with Crippen LogP contribution in [0.4, 0.5) is 0 Å². The first-order valence-corrected chi connectivity index (χ1v) is 4.69. The highest BCUT2D eigenvalue weighted by atomic mass is 14.5. The summed E-state index contributed by atoms with van der Waals surface area (Å²) < 4.78 is 0. The average Bonchev–Trinajstić information content (AvgIpc) is 2.30. The van der Waals surface area contributed by atoms with Crippen molar-refractivity contribution in [2.24, 2.45) is 0 Å². The lowest BCUT2D eigenvalue weighted by Gasteiger charge is -2.00. The monoisotopic (exact) mass is 182 g/mol. The Morgan fingerprint density at radius 3 is 1.86 bits per heavy atom. The third-order valence-electron chi connectivity index (χ3n) is 2.27. The molecule has 1 nitrogen and oxygen atoms in total. The maximum Gasteiger partial charge on any atom is 0.206 e. The number of hydrogen-bond acceptors (Lipinski definition) is 0. The summed E-state index contributed by atoms with van der Waals surface area (Å²) in [5.74, 6) is 0. The van der Waals surface area contributed by atoms with Gasteiger partial charge in [-0.2, -0.15) is 0 Å². The minimum Gasteiger partial charge on any atom is -0.0622 e. The Morgan fingerprint density at radius 1 is 0.714 bits per heavy atom. The van der Waals surface area contributed by atoms with Crippen molar-refractivity contribution < 1.29 is 5.73 Å². The molecule has 0 fully saturated rings. The minimum atomic E-state index is 0.356. The molecule has 0 bridgehead atoms. The topological polar surface area (TPSA) is 23.8 Å². The van der Waals surface area contributed by atoms with Crippen molar-refractivity contribution in [1.29, 1.82) is 0 Å². The van der Waals surface area contributed by atoms with Crippen LogP contribution in [0.1, 0.15) is 5.56 Å². The van der Waals surface area contributed by atoms with Gasteiger partial charge in [0.2, 0.25) is 6.54 Å². The molecule has 0 atom stereocenters. The first kappa shape index (κ1) is 8.97. The van der Waals surface area contributed by atoms with E-state index in [1.165, 1.54) is 11.1 Å². The summed E-state index contributed by atoms with van der Waals surface area (Å²) in [5.41, 5.74) is 10.7. The van der Waals surface area contributed by atoms with Crippen molar-refractivity contribution >= 4 is 0 Å². The summed E-state index contributed by atoms with van der Waals surface area (Å²) in [6, 6.07) is 18.4. The standard InChI is InChI=1S/C13H12N/c14-10-11-6-8-13(9-7-11)12-4-2-1-3-5-12/h1-9,14H,10H2/q+1. The summed E-state index contributed by atoms with van der Waals surface area (Å²) in [6.45, 7) is 0.356. The molecule has 14 heavy (non-hydrogen) atoms. The van der Waals surface area contributed by atoms with Gasteiger partial charge >= 0.3 is 0 Å². The van der Waals surface area contributed by atoms with Crippen LogP contribution in [0.15, 0.2) is 54.6 Å². The molecule has 0 saturated carbocycles. The fourth-order valence-electron chi connectivity index (χ4n) is 1.45. The first-order valence-electron chi connectivity index (χ1n) is 4.69. The van der Waals surface area contributed by atoms with Gasteiger partial charge in [-0.05, 0) is 11.1 Å². The summed E-state index contributed by atoms with van der Waals surface area (Å²) >= 11 is 0. The van der Waals surface area contributed by atoms with E-state index in [0.717, 1.165) is 5.56 Å². The number of nitrogens with one attached hydrogen (secondary N) is 1. The highest BCUT2D eigenvalue weighted by Crippen LogP contribution is 2.18. The van der Waals surface area contributed by atoms with Crippen LogP contribution in [0.25, 0.3) is 11.1 Å². The van der Waals surface area contributed by atoms with Gasteiger partial charge in [0.25, 0.3) is 0 Å². The van der Waals surface area contributed by atoms with Gasteiger partial charge in [-0.3, -0.25) is 0 Å². The zero-order valence-electron chi connectivity index (χ0n) is 7.90. The van der Waals surface area contributed by atoms with Gasteiger partial charge < -0.3 is 0 Å². The highest BCUT2D eigenvalue weighted by Gasteiger charge is 1.97. The van der Waals surface area contributed by atoms with E-state index in [2.05, 4.69) is 24.3 Å². The number of rotatable bonds is 2. The van der Waals surface area contributed by atoms with Crippen LogP contribution < -0.4 is 5.73 Å². The summed E-state index contributed by atoms with van der Waals surface area (Å²) in [7, 11) is 0. The van der Waals surface area contributed by atoms with Crippen LogP contribution in [0, 0.1) is 0 Å². The third kappa shape index (κ3) is 1.83. The summed E-state index contributed by atoms with van der Waals surface area (Å²) in [6.07, 6.45) is 0. The quantitative estimate of drug-likeness (QED) is 0.674. The van der Waals surface area contributed by atoms with Crippen molar-refractivity contribution in [2.45, 2.75) is 6.54 Å². The van der Waals surface area contributed by atoms with Gasteiger partial charge in [-0.1, -0.05) is 54.6 Å². The number of hydrogen-bond donors (Lipinski definition) is 0. The minimum absolute atomic E-state index is 0.356. The van der Waals surface area contributed by atoms with Crippen LogP contribution in [0.2, 0.25) is 0 Å². The second kappa shape index (κ2) is 4.07. The van der Waals surface area contributed by atoms with Crippen molar-refractivity contribution in [3.05, 3.63) is 60.2 Å². The highest BCUT2D eigenvalue weighted by molar-refractivity contribution is 5.63. The van der Waals surface area contributed by atoms with Crippen LogP contribution in [0.3, 0.4) is 0 Å². The van der Waals surface area contributed by atoms with Gasteiger partial charge in [0, 0.05) is 11.3 Å². The lowest BCUT2D eigenvalue weighted by atomic mass is 10.0. The second-order valence-corrected chi connectivity index (χ2v) is 3.24. The normalized spacial score (nSPS) is 10.1. The molecule has 2 rings (SSSR count). The lowest BCUT2D eigenvalue weighted by Crippen LogP contribution is -2.47. The molecule has 0 heterocycles. The van der Waals surface area contributed by atoms with Crippen molar-refractivity contribution in [2.75, 3.05) is 0 Å². The fourth-order valence-corrected chi connectivity index (χ4v) is 1.45. The van der Waals surface area contributed by atoms with Crippen LogP contribution in [-0.4, -0.2) is 0 Å². The maximum atomic E-state index is 7.22. The predicted molar refractivity (Wildman–Crippen MR) is 56.5 cm³/mol. The fraction of sp³-hybridized carbons (Fsp3) is 0.0769. The molecule has 1 heteroatoms. The number of benzene rings is 2. The van der Waals surface area contributed by atoms with Gasteiger partial charge in [0.1, 0.15) is 0 Å². The Morgan fingerprint density at radius 2 is 1.29 bits per heavy atom. The zero-order chi connectivity index (χ0) is 9.80. The summed E-state index contributed by atoms with van der Waals surface area (Å²) in [4.78, 5) is 0. The van der Waals surface area contributed by atoms with E-state index >= 15 is 0 Å².